The molecule has 1 aromatic rings. The van der Waals surface area contributed by atoms with Crippen molar-refractivity contribution < 1.29 is 13.2 Å². The van der Waals surface area contributed by atoms with Crippen molar-refractivity contribution >= 4 is 15.8 Å². The Balaban J connectivity index is 2.51. The van der Waals surface area contributed by atoms with Crippen LogP contribution in [0.2, 0.25) is 0 Å². The van der Waals surface area contributed by atoms with Gasteiger partial charge in [0, 0.05) is 12.0 Å². The minimum Gasteiger partial charge on any atom is -0.298 e. The third-order valence-electron chi connectivity index (χ3n) is 3.29. The molecule has 4 nitrogen and oxygen atoms in total. The molecule has 1 aliphatic rings. The Bertz CT molecular complexity index is 590. The molecule has 0 aliphatic carbocycles. The molecule has 0 saturated carbocycles. The van der Waals surface area contributed by atoms with Gasteiger partial charge in [-0.05, 0) is 32.4 Å². The molecule has 0 aromatic heterocycles. The number of hydrogen-bond acceptors (Lipinski definition) is 3. The number of ketones is 1. The summed E-state index contributed by atoms with van der Waals surface area (Å²) < 4.78 is 26.5. The summed E-state index contributed by atoms with van der Waals surface area (Å²) >= 11 is 0. The lowest BCUT2D eigenvalue weighted by Gasteiger charge is -2.29. The molecule has 1 saturated heterocycles. The molecule has 1 heterocycles. The van der Waals surface area contributed by atoms with Gasteiger partial charge in [-0.2, -0.15) is 4.31 Å². The number of carbonyl (C=O) groups excluding carboxylic acids is 1. The molecule has 1 fully saturated rings. The Hall–Kier alpha value is -1.20. The van der Waals surface area contributed by atoms with Crippen LogP contribution in [0.3, 0.4) is 0 Å². The highest BCUT2D eigenvalue weighted by molar-refractivity contribution is 7.89. The fraction of sp³-hybridized carbons (Fsp3) is 0.462. The van der Waals surface area contributed by atoms with Crippen LogP contribution in [-0.2, 0) is 14.8 Å². The molecule has 0 spiro atoms. The maximum Gasteiger partial charge on any atom is 0.244 e. The van der Waals surface area contributed by atoms with E-state index in [1.54, 1.807) is 45.0 Å². The fourth-order valence-electron chi connectivity index (χ4n) is 2.38. The van der Waals surface area contributed by atoms with Crippen LogP contribution in [0.4, 0.5) is 0 Å². The number of sulfonamides is 1. The summed E-state index contributed by atoms with van der Waals surface area (Å²) in [4.78, 5) is 11.8. The highest BCUT2D eigenvalue weighted by Gasteiger charge is 2.45. The molecule has 1 aromatic carbocycles. The SMILES string of the molecule is Cc1ccccc1S(=O)(=O)N1CC(=O)CC1(C)C. The fourth-order valence-corrected chi connectivity index (χ4v) is 4.37. The molecule has 0 N–H and O–H groups in total. The summed E-state index contributed by atoms with van der Waals surface area (Å²) in [6.07, 6.45) is 0.276. The number of Topliss-reactive ketones (excluding diaryl/α,β-unsaturated/α-hetero) is 1. The zero-order chi connectivity index (χ0) is 13.6. The van der Waals surface area contributed by atoms with Crippen molar-refractivity contribution in [1.82, 2.24) is 4.31 Å². The Morgan fingerprint density at radius 3 is 2.33 bits per heavy atom. The Kier molecular flexibility index (Phi) is 3.07. The van der Waals surface area contributed by atoms with Crippen LogP contribution in [0.5, 0.6) is 0 Å². The summed E-state index contributed by atoms with van der Waals surface area (Å²) in [5, 5.41) is 0. The van der Waals surface area contributed by atoms with Gasteiger partial charge in [0.1, 0.15) is 5.78 Å². The van der Waals surface area contributed by atoms with Gasteiger partial charge in [-0.1, -0.05) is 18.2 Å². The smallest absolute Gasteiger partial charge is 0.244 e. The van der Waals surface area contributed by atoms with E-state index >= 15 is 0 Å². The lowest BCUT2D eigenvalue weighted by Crippen LogP contribution is -2.42. The van der Waals surface area contributed by atoms with Crippen LogP contribution in [0.25, 0.3) is 0 Å². The Morgan fingerprint density at radius 1 is 1.22 bits per heavy atom. The van der Waals surface area contributed by atoms with Crippen LogP contribution in [0.1, 0.15) is 25.8 Å². The highest BCUT2D eigenvalue weighted by atomic mass is 32.2. The van der Waals surface area contributed by atoms with Crippen molar-refractivity contribution in [3.8, 4) is 0 Å². The van der Waals surface area contributed by atoms with E-state index in [0.29, 0.717) is 5.56 Å². The monoisotopic (exact) mass is 267 g/mol. The average Bonchev–Trinajstić information content (AvgIpc) is 2.53. The first-order chi connectivity index (χ1) is 8.25. The van der Waals surface area contributed by atoms with Crippen LogP contribution < -0.4 is 0 Å². The standard InChI is InChI=1S/C13H17NO3S/c1-10-6-4-5-7-12(10)18(16,17)14-9-11(15)8-13(14,2)3/h4-7H,8-9H2,1-3H3. The van der Waals surface area contributed by atoms with Crippen LogP contribution in [-0.4, -0.2) is 30.6 Å². The minimum absolute atomic E-state index is 0.0241. The van der Waals surface area contributed by atoms with E-state index in [-0.39, 0.29) is 23.6 Å². The first kappa shape index (κ1) is 13.2. The molecular weight excluding hydrogens is 250 g/mol. The molecule has 98 valence electrons. The van der Waals surface area contributed by atoms with Gasteiger partial charge in [0.05, 0.1) is 11.4 Å². The molecule has 0 radical (unpaired) electrons. The number of nitrogens with zero attached hydrogens (tertiary/aromatic N) is 1. The molecule has 0 amide bonds. The van der Waals surface area contributed by atoms with Gasteiger partial charge in [-0.25, -0.2) is 8.42 Å². The summed E-state index contributed by atoms with van der Waals surface area (Å²) in [6.45, 7) is 5.31. The number of rotatable bonds is 2. The predicted octanol–water partition coefficient (Wildman–Crippen LogP) is 1.74. The first-order valence-electron chi connectivity index (χ1n) is 5.85. The van der Waals surface area contributed by atoms with E-state index in [2.05, 4.69) is 0 Å². The average molecular weight is 267 g/mol. The number of carbonyl (C=O) groups is 1. The van der Waals surface area contributed by atoms with E-state index in [1.807, 2.05) is 0 Å². The van der Waals surface area contributed by atoms with Gasteiger partial charge in [0.15, 0.2) is 0 Å². The number of aryl methyl sites for hydroxylation is 1. The van der Waals surface area contributed by atoms with Crippen molar-refractivity contribution in [3.05, 3.63) is 29.8 Å². The summed E-state index contributed by atoms with van der Waals surface area (Å²) in [6, 6.07) is 6.85. The quantitative estimate of drug-likeness (QED) is 0.820. The second-order valence-corrected chi connectivity index (χ2v) is 7.14. The van der Waals surface area contributed by atoms with Crippen molar-refractivity contribution in [1.29, 1.82) is 0 Å². The van der Waals surface area contributed by atoms with Gasteiger partial charge in [-0.15, -0.1) is 0 Å². The van der Waals surface area contributed by atoms with E-state index in [1.165, 1.54) is 4.31 Å². The zero-order valence-corrected chi connectivity index (χ0v) is 11.6. The molecule has 0 unspecified atom stereocenters. The van der Waals surface area contributed by atoms with Gasteiger partial charge in [-0.3, -0.25) is 4.79 Å². The van der Waals surface area contributed by atoms with Crippen molar-refractivity contribution in [2.75, 3.05) is 6.54 Å². The number of hydrogen-bond donors (Lipinski definition) is 0. The third kappa shape index (κ3) is 2.08. The topological polar surface area (TPSA) is 54.5 Å². The normalized spacial score (nSPS) is 20.3. The number of benzene rings is 1. The lowest BCUT2D eigenvalue weighted by atomic mass is 10.0. The van der Waals surface area contributed by atoms with Crippen LogP contribution in [0.15, 0.2) is 29.2 Å². The van der Waals surface area contributed by atoms with Crippen molar-refractivity contribution in [3.63, 3.8) is 0 Å². The van der Waals surface area contributed by atoms with E-state index in [4.69, 9.17) is 0 Å². The molecule has 18 heavy (non-hydrogen) atoms. The van der Waals surface area contributed by atoms with Crippen molar-refractivity contribution in [2.45, 2.75) is 37.6 Å². The summed E-state index contributed by atoms with van der Waals surface area (Å²) in [7, 11) is -3.60. The molecule has 1 aliphatic heterocycles. The van der Waals surface area contributed by atoms with E-state index < -0.39 is 15.6 Å². The maximum atomic E-state index is 12.6. The third-order valence-corrected chi connectivity index (χ3v) is 5.50. The highest BCUT2D eigenvalue weighted by Crippen LogP contribution is 2.33. The molecular formula is C13H17NO3S. The van der Waals surface area contributed by atoms with Gasteiger partial charge >= 0.3 is 0 Å². The van der Waals surface area contributed by atoms with Crippen LogP contribution >= 0.6 is 0 Å². The van der Waals surface area contributed by atoms with Crippen molar-refractivity contribution in [2.24, 2.45) is 0 Å². The predicted molar refractivity (Wildman–Crippen MR) is 68.8 cm³/mol. The molecule has 5 heteroatoms. The molecule has 0 bridgehead atoms. The van der Waals surface area contributed by atoms with E-state index in [9.17, 15) is 13.2 Å². The lowest BCUT2D eigenvalue weighted by molar-refractivity contribution is -0.116. The zero-order valence-electron chi connectivity index (χ0n) is 10.8. The minimum atomic E-state index is -3.60. The molecule has 0 atom stereocenters. The van der Waals surface area contributed by atoms with Gasteiger partial charge in [0.2, 0.25) is 10.0 Å². The first-order valence-corrected chi connectivity index (χ1v) is 7.29. The maximum absolute atomic E-state index is 12.6. The summed E-state index contributed by atoms with van der Waals surface area (Å²) in [5.41, 5.74) is 0.0609. The largest absolute Gasteiger partial charge is 0.298 e. The second-order valence-electron chi connectivity index (χ2n) is 5.31. The van der Waals surface area contributed by atoms with Crippen LogP contribution in [0, 0.1) is 6.92 Å². The van der Waals surface area contributed by atoms with Gasteiger partial charge in [0.25, 0.3) is 0 Å². The Labute approximate surface area is 108 Å². The second kappa shape index (κ2) is 4.17. The van der Waals surface area contributed by atoms with Gasteiger partial charge < -0.3 is 0 Å². The summed E-state index contributed by atoms with van der Waals surface area (Å²) in [5.74, 6) is -0.0304. The Morgan fingerprint density at radius 2 is 1.83 bits per heavy atom. The molecule has 2 rings (SSSR count). The van der Waals surface area contributed by atoms with E-state index in [0.717, 1.165) is 0 Å².